The second-order valence-electron chi connectivity index (χ2n) is 6.49. The van der Waals surface area contributed by atoms with Crippen LogP contribution < -0.4 is 21.5 Å². The molecule has 1 aromatic rings. The first-order chi connectivity index (χ1) is 10.7. The van der Waals surface area contributed by atoms with Crippen LogP contribution in [0.25, 0.3) is 0 Å². The molecule has 1 fully saturated rings. The van der Waals surface area contributed by atoms with Gasteiger partial charge in [-0.1, -0.05) is 0 Å². The van der Waals surface area contributed by atoms with E-state index in [9.17, 15) is 9.59 Å². The number of hydrogen-bond donors (Lipinski definition) is 3. The van der Waals surface area contributed by atoms with Crippen molar-refractivity contribution in [1.29, 1.82) is 0 Å². The second kappa shape index (κ2) is 6.45. The smallest absolute Gasteiger partial charge is 0.311 e. The van der Waals surface area contributed by atoms with Crippen LogP contribution in [-0.2, 0) is 14.3 Å². The van der Waals surface area contributed by atoms with Gasteiger partial charge in [-0.15, -0.1) is 0 Å². The fourth-order valence-corrected chi connectivity index (χ4v) is 1.74. The molecule has 0 radical (unpaired) electrons. The van der Waals surface area contributed by atoms with Gasteiger partial charge in [-0.3, -0.25) is 14.6 Å². The Labute approximate surface area is 134 Å². The highest BCUT2D eigenvalue weighted by Crippen LogP contribution is 2.23. The molecule has 23 heavy (non-hydrogen) atoms. The maximum Gasteiger partial charge on any atom is 0.311 e. The fraction of sp³-hybridized carbons (Fsp3) is 0.643. The maximum absolute atomic E-state index is 11.2. The number of nitrogens with zero attached hydrogens (tertiary/aromatic N) is 2. The van der Waals surface area contributed by atoms with E-state index in [2.05, 4.69) is 15.3 Å². The van der Waals surface area contributed by atoms with Crippen molar-refractivity contribution in [1.82, 2.24) is 9.97 Å². The number of nitrogens with one attached hydrogen (secondary N) is 2. The molecule has 1 saturated heterocycles. The molecule has 0 spiro atoms. The van der Waals surface area contributed by atoms with E-state index in [0.717, 1.165) is 6.61 Å². The lowest BCUT2D eigenvalue weighted by molar-refractivity contribution is -0.153. The molecule has 9 nitrogen and oxygen atoms in total. The summed E-state index contributed by atoms with van der Waals surface area (Å²) in [5.41, 5.74) is 5.25. The van der Waals surface area contributed by atoms with E-state index in [0.29, 0.717) is 24.8 Å². The van der Waals surface area contributed by atoms with Crippen molar-refractivity contribution in [3.05, 3.63) is 10.4 Å². The third-order valence-corrected chi connectivity index (χ3v) is 3.19. The Morgan fingerprint density at radius 2 is 2.17 bits per heavy atom. The standard InChI is InChI=1S/C8H14O3.C6H9N5O/c1-8(2,3)7(9)11-5-6-4-10-6;1-11-2-8-3-4(11)9-6(7)10-5(3)12/h6H,4-5H2,1-3H3;8H,2H2,1H3,(H3,7,9,10,12). The first-order valence-electron chi connectivity index (χ1n) is 7.32. The van der Waals surface area contributed by atoms with Crippen molar-refractivity contribution in [3.8, 4) is 0 Å². The Morgan fingerprint density at radius 3 is 2.74 bits per heavy atom. The van der Waals surface area contributed by atoms with Crippen LogP contribution in [-0.4, -0.2) is 49.0 Å². The van der Waals surface area contributed by atoms with Crippen LogP contribution in [0.2, 0.25) is 0 Å². The van der Waals surface area contributed by atoms with E-state index < -0.39 is 5.41 Å². The molecule has 1 atom stereocenters. The highest BCUT2D eigenvalue weighted by Gasteiger charge is 2.28. The number of nitrogen functional groups attached to an aromatic ring is 1. The third-order valence-electron chi connectivity index (χ3n) is 3.19. The number of carbonyl (C=O) groups excluding carboxylic acids is 1. The van der Waals surface area contributed by atoms with Crippen LogP contribution in [0, 0.1) is 5.41 Å². The van der Waals surface area contributed by atoms with E-state index in [4.69, 9.17) is 15.2 Å². The lowest BCUT2D eigenvalue weighted by atomic mass is 9.97. The average molecular weight is 325 g/mol. The van der Waals surface area contributed by atoms with Gasteiger partial charge in [-0.25, -0.2) is 0 Å². The molecule has 9 heteroatoms. The minimum absolute atomic E-state index is 0.148. The molecule has 0 bridgehead atoms. The lowest BCUT2D eigenvalue weighted by Gasteiger charge is -2.15. The van der Waals surface area contributed by atoms with E-state index in [1.165, 1.54) is 0 Å². The van der Waals surface area contributed by atoms with Crippen LogP contribution in [0.4, 0.5) is 17.5 Å². The van der Waals surface area contributed by atoms with Gasteiger partial charge >= 0.3 is 5.97 Å². The summed E-state index contributed by atoms with van der Waals surface area (Å²) in [4.78, 5) is 30.5. The quantitative estimate of drug-likeness (QED) is 0.518. The Bertz CT molecular complexity index is 633. The number of epoxide rings is 1. The van der Waals surface area contributed by atoms with Crippen molar-refractivity contribution in [2.45, 2.75) is 26.9 Å². The van der Waals surface area contributed by atoms with Crippen LogP contribution >= 0.6 is 0 Å². The number of esters is 1. The summed E-state index contributed by atoms with van der Waals surface area (Å²) in [5.74, 6) is 0.596. The van der Waals surface area contributed by atoms with Crippen molar-refractivity contribution in [3.63, 3.8) is 0 Å². The molecule has 3 rings (SSSR count). The first kappa shape index (κ1) is 17.1. The van der Waals surface area contributed by atoms with Gasteiger partial charge in [0.2, 0.25) is 5.95 Å². The van der Waals surface area contributed by atoms with E-state index in [1.807, 2.05) is 32.7 Å². The number of fused-ring (bicyclic) bond motifs is 1. The number of H-pyrrole nitrogens is 1. The predicted molar refractivity (Wildman–Crippen MR) is 86.3 cm³/mol. The van der Waals surface area contributed by atoms with Gasteiger partial charge in [0.1, 0.15) is 18.4 Å². The summed E-state index contributed by atoms with van der Waals surface area (Å²) in [6.07, 6.45) is 0.168. The number of aromatic amines is 1. The minimum Gasteiger partial charge on any atom is -0.462 e. The first-order valence-corrected chi connectivity index (χ1v) is 7.32. The van der Waals surface area contributed by atoms with Gasteiger partial charge in [-0.05, 0) is 20.8 Å². The molecule has 4 N–H and O–H groups in total. The molecule has 0 aromatic carbocycles. The molecule has 0 aliphatic carbocycles. The van der Waals surface area contributed by atoms with Crippen LogP contribution in [0.1, 0.15) is 20.8 Å². The summed E-state index contributed by atoms with van der Waals surface area (Å²) < 4.78 is 9.86. The summed E-state index contributed by atoms with van der Waals surface area (Å²) in [6.45, 7) is 7.25. The highest BCUT2D eigenvalue weighted by atomic mass is 16.6. The topological polar surface area (TPSA) is 126 Å². The summed E-state index contributed by atoms with van der Waals surface area (Å²) in [6, 6.07) is 0. The van der Waals surface area contributed by atoms with Gasteiger partial charge in [0.15, 0.2) is 5.82 Å². The summed E-state index contributed by atoms with van der Waals surface area (Å²) in [7, 11) is 1.84. The molecule has 3 heterocycles. The Kier molecular flexibility index (Phi) is 4.79. The fourth-order valence-electron chi connectivity index (χ4n) is 1.74. The number of aromatic nitrogens is 2. The van der Waals surface area contributed by atoms with Crippen molar-refractivity contribution >= 4 is 23.4 Å². The third kappa shape index (κ3) is 4.59. The minimum atomic E-state index is -0.394. The normalized spacial score (nSPS) is 18.4. The lowest BCUT2D eigenvalue weighted by Crippen LogP contribution is -2.24. The number of ether oxygens (including phenoxy) is 2. The number of nitrogens with two attached hydrogens (primary N) is 1. The van der Waals surface area contributed by atoms with Gasteiger partial charge in [-0.2, -0.15) is 4.98 Å². The molecule has 1 aromatic heterocycles. The van der Waals surface area contributed by atoms with Gasteiger partial charge in [0, 0.05) is 7.05 Å². The number of rotatable bonds is 2. The largest absolute Gasteiger partial charge is 0.462 e. The second-order valence-corrected chi connectivity index (χ2v) is 6.49. The zero-order chi connectivity index (χ0) is 17.2. The highest BCUT2D eigenvalue weighted by molar-refractivity contribution is 5.75. The van der Waals surface area contributed by atoms with Crippen LogP contribution in [0.3, 0.4) is 0 Å². The van der Waals surface area contributed by atoms with Crippen molar-refractivity contribution in [2.24, 2.45) is 5.41 Å². The summed E-state index contributed by atoms with van der Waals surface area (Å²) >= 11 is 0. The Balaban J connectivity index is 0.000000168. The van der Waals surface area contributed by atoms with Crippen molar-refractivity contribution in [2.75, 3.05) is 42.9 Å². The molecule has 1 unspecified atom stereocenters. The van der Waals surface area contributed by atoms with Crippen molar-refractivity contribution < 1.29 is 14.3 Å². The van der Waals surface area contributed by atoms with E-state index in [-0.39, 0.29) is 23.6 Å². The Morgan fingerprint density at radius 1 is 1.52 bits per heavy atom. The summed E-state index contributed by atoms with van der Waals surface area (Å²) in [5, 5.41) is 2.91. The predicted octanol–water partition coefficient (Wildman–Crippen LogP) is 0.146. The number of hydrogen-bond acceptors (Lipinski definition) is 8. The molecular weight excluding hydrogens is 302 g/mol. The van der Waals surface area contributed by atoms with Crippen LogP contribution in [0.15, 0.2) is 4.79 Å². The average Bonchev–Trinajstić information content (AvgIpc) is 3.20. The van der Waals surface area contributed by atoms with Crippen LogP contribution in [0.5, 0.6) is 0 Å². The molecular formula is C14H23N5O4. The van der Waals surface area contributed by atoms with Gasteiger partial charge in [0.25, 0.3) is 5.56 Å². The van der Waals surface area contributed by atoms with Gasteiger partial charge in [0.05, 0.1) is 18.7 Å². The maximum atomic E-state index is 11.2. The monoisotopic (exact) mass is 325 g/mol. The molecule has 0 saturated carbocycles. The van der Waals surface area contributed by atoms with E-state index >= 15 is 0 Å². The SMILES string of the molecule is CC(C)(C)C(=O)OCC1CO1.CN1CNc2c1nc(N)[nH]c2=O. The number of anilines is 3. The van der Waals surface area contributed by atoms with Gasteiger partial charge < -0.3 is 25.4 Å². The Hall–Kier alpha value is -2.29. The van der Waals surface area contributed by atoms with E-state index in [1.54, 1.807) is 0 Å². The molecule has 128 valence electrons. The molecule has 2 aliphatic heterocycles. The molecule has 2 aliphatic rings. The zero-order valence-electron chi connectivity index (χ0n) is 13.8. The zero-order valence-corrected chi connectivity index (χ0v) is 13.8. The molecule has 0 amide bonds. The number of carbonyl (C=O) groups is 1.